The van der Waals surface area contributed by atoms with Crippen molar-refractivity contribution in [2.45, 2.75) is 33.4 Å². The SMILES string of the molecule is COCCNCc1ccnn1CCC(C)C. The lowest BCUT2D eigenvalue weighted by molar-refractivity contribution is 0.199. The highest BCUT2D eigenvalue weighted by Gasteiger charge is 2.02. The molecule has 0 aliphatic carbocycles. The Bertz CT molecular complexity index is 284. The first kappa shape index (κ1) is 13.2. The summed E-state index contributed by atoms with van der Waals surface area (Å²) < 4.78 is 7.07. The summed E-state index contributed by atoms with van der Waals surface area (Å²) in [6, 6.07) is 2.07. The molecule has 92 valence electrons. The van der Waals surface area contributed by atoms with Gasteiger partial charge in [0.05, 0.1) is 12.3 Å². The van der Waals surface area contributed by atoms with Gasteiger partial charge in [0.25, 0.3) is 0 Å². The molecule has 0 bridgehead atoms. The van der Waals surface area contributed by atoms with Gasteiger partial charge in [0, 0.05) is 32.9 Å². The number of hydrogen-bond donors (Lipinski definition) is 1. The van der Waals surface area contributed by atoms with Crippen LogP contribution in [0.5, 0.6) is 0 Å². The second-order valence-electron chi connectivity index (χ2n) is 4.40. The van der Waals surface area contributed by atoms with Crippen molar-refractivity contribution < 1.29 is 4.74 Å². The Labute approximate surface area is 98.0 Å². The highest BCUT2D eigenvalue weighted by Crippen LogP contribution is 2.05. The Hall–Kier alpha value is -0.870. The van der Waals surface area contributed by atoms with Gasteiger partial charge in [-0.15, -0.1) is 0 Å². The molecule has 1 N–H and O–H groups in total. The molecule has 0 radical (unpaired) electrons. The monoisotopic (exact) mass is 225 g/mol. The zero-order valence-corrected chi connectivity index (χ0v) is 10.6. The van der Waals surface area contributed by atoms with Crippen LogP contribution in [0.15, 0.2) is 12.3 Å². The van der Waals surface area contributed by atoms with Crippen LogP contribution in [-0.2, 0) is 17.8 Å². The molecule has 0 aliphatic heterocycles. The molecule has 0 unspecified atom stereocenters. The summed E-state index contributed by atoms with van der Waals surface area (Å²) in [6.45, 7) is 7.97. The number of rotatable bonds is 8. The van der Waals surface area contributed by atoms with E-state index in [0.717, 1.165) is 32.2 Å². The molecule has 1 rings (SSSR count). The van der Waals surface area contributed by atoms with Crippen molar-refractivity contribution in [1.82, 2.24) is 15.1 Å². The molecule has 0 spiro atoms. The molecule has 0 aromatic carbocycles. The fourth-order valence-corrected chi connectivity index (χ4v) is 1.48. The average Bonchev–Trinajstić information content (AvgIpc) is 2.69. The van der Waals surface area contributed by atoms with Gasteiger partial charge in [0.2, 0.25) is 0 Å². The average molecular weight is 225 g/mol. The first-order valence-electron chi connectivity index (χ1n) is 5.94. The van der Waals surface area contributed by atoms with E-state index in [4.69, 9.17) is 4.74 Å². The predicted molar refractivity (Wildman–Crippen MR) is 65.3 cm³/mol. The third-order valence-corrected chi connectivity index (χ3v) is 2.51. The van der Waals surface area contributed by atoms with Crippen molar-refractivity contribution in [3.05, 3.63) is 18.0 Å². The van der Waals surface area contributed by atoms with Gasteiger partial charge in [0.15, 0.2) is 0 Å². The third kappa shape index (κ3) is 4.77. The molecule has 16 heavy (non-hydrogen) atoms. The smallest absolute Gasteiger partial charge is 0.0587 e. The van der Waals surface area contributed by atoms with Crippen LogP contribution >= 0.6 is 0 Å². The maximum Gasteiger partial charge on any atom is 0.0587 e. The first-order chi connectivity index (χ1) is 7.74. The Balaban J connectivity index is 2.32. The topological polar surface area (TPSA) is 39.1 Å². The lowest BCUT2D eigenvalue weighted by Gasteiger charge is -2.09. The minimum absolute atomic E-state index is 0.721. The second kappa shape index (κ2) is 7.41. The lowest BCUT2D eigenvalue weighted by Crippen LogP contribution is -2.21. The van der Waals surface area contributed by atoms with Crippen LogP contribution in [0.25, 0.3) is 0 Å². The summed E-state index contributed by atoms with van der Waals surface area (Å²) in [5, 5.41) is 7.66. The van der Waals surface area contributed by atoms with Crippen LogP contribution in [0, 0.1) is 5.92 Å². The van der Waals surface area contributed by atoms with Gasteiger partial charge in [-0.05, 0) is 18.4 Å². The minimum atomic E-state index is 0.721. The normalized spacial score (nSPS) is 11.2. The van der Waals surface area contributed by atoms with E-state index in [-0.39, 0.29) is 0 Å². The summed E-state index contributed by atoms with van der Waals surface area (Å²) in [5.74, 6) is 0.721. The van der Waals surface area contributed by atoms with E-state index in [0.29, 0.717) is 0 Å². The molecule has 1 aromatic rings. The molecule has 0 atom stereocenters. The zero-order chi connectivity index (χ0) is 11.8. The van der Waals surface area contributed by atoms with E-state index >= 15 is 0 Å². The maximum atomic E-state index is 4.99. The zero-order valence-electron chi connectivity index (χ0n) is 10.6. The fourth-order valence-electron chi connectivity index (χ4n) is 1.48. The Morgan fingerprint density at radius 2 is 2.31 bits per heavy atom. The highest BCUT2D eigenvalue weighted by atomic mass is 16.5. The molecule has 4 nitrogen and oxygen atoms in total. The lowest BCUT2D eigenvalue weighted by atomic mass is 10.1. The van der Waals surface area contributed by atoms with Crippen molar-refractivity contribution >= 4 is 0 Å². The Kier molecular flexibility index (Phi) is 6.11. The van der Waals surface area contributed by atoms with Crippen molar-refractivity contribution in [1.29, 1.82) is 0 Å². The maximum absolute atomic E-state index is 4.99. The molecule has 0 saturated carbocycles. The van der Waals surface area contributed by atoms with E-state index in [1.54, 1.807) is 7.11 Å². The summed E-state index contributed by atoms with van der Waals surface area (Å²) in [5.41, 5.74) is 1.25. The number of methoxy groups -OCH3 is 1. The molecule has 0 saturated heterocycles. The number of nitrogens with zero attached hydrogens (tertiary/aromatic N) is 2. The van der Waals surface area contributed by atoms with Crippen LogP contribution in [0.3, 0.4) is 0 Å². The number of hydrogen-bond acceptors (Lipinski definition) is 3. The summed E-state index contributed by atoms with van der Waals surface area (Å²) in [6.07, 6.45) is 3.04. The predicted octanol–water partition coefficient (Wildman–Crippen LogP) is 1.67. The van der Waals surface area contributed by atoms with E-state index in [1.807, 2.05) is 6.20 Å². The van der Waals surface area contributed by atoms with Crippen molar-refractivity contribution in [2.75, 3.05) is 20.3 Å². The van der Waals surface area contributed by atoms with Gasteiger partial charge < -0.3 is 10.1 Å². The molecule has 0 aliphatic rings. The third-order valence-electron chi connectivity index (χ3n) is 2.51. The molecule has 1 heterocycles. The second-order valence-corrected chi connectivity index (χ2v) is 4.40. The van der Waals surface area contributed by atoms with E-state index < -0.39 is 0 Å². The minimum Gasteiger partial charge on any atom is -0.383 e. The quantitative estimate of drug-likeness (QED) is 0.684. The van der Waals surface area contributed by atoms with Gasteiger partial charge in [-0.3, -0.25) is 4.68 Å². The van der Waals surface area contributed by atoms with E-state index in [1.165, 1.54) is 12.1 Å². The van der Waals surface area contributed by atoms with Gasteiger partial charge in [-0.25, -0.2) is 0 Å². The van der Waals surface area contributed by atoms with Crippen molar-refractivity contribution in [3.63, 3.8) is 0 Å². The molecular weight excluding hydrogens is 202 g/mol. The van der Waals surface area contributed by atoms with Crippen molar-refractivity contribution in [2.24, 2.45) is 5.92 Å². The Morgan fingerprint density at radius 3 is 3.00 bits per heavy atom. The molecular formula is C12H23N3O. The van der Waals surface area contributed by atoms with E-state index in [2.05, 4.69) is 35.0 Å². The van der Waals surface area contributed by atoms with Gasteiger partial charge in [-0.2, -0.15) is 5.10 Å². The molecule has 1 aromatic heterocycles. The van der Waals surface area contributed by atoms with E-state index in [9.17, 15) is 0 Å². The van der Waals surface area contributed by atoms with Crippen LogP contribution in [0.1, 0.15) is 26.0 Å². The largest absolute Gasteiger partial charge is 0.383 e. The summed E-state index contributed by atoms with van der Waals surface area (Å²) in [4.78, 5) is 0. The van der Waals surface area contributed by atoms with Gasteiger partial charge >= 0.3 is 0 Å². The first-order valence-corrected chi connectivity index (χ1v) is 5.94. The highest BCUT2D eigenvalue weighted by molar-refractivity contribution is 4.99. The standard InChI is InChI=1S/C12H23N3O/c1-11(2)5-8-15-12(4-6-14-15)10-13-7-9-16-3/h4,6,11,13H,5,7-10H2,1-3H3. The molecule has 0 fully saturated rings. The number of ether oxygens (including phenoxy) is 1. The summed E-state index contributed by atoms with van der Waals surface area (Å²) >= 11 is 0. The summed E-state index contributed by atoms with van der Waals surface area (Å²) in [7, 11) is 1.72. The van der Waals surface area contributed by atoms with Gasteiger partial charge in [-0.1, -0.05) is 13.8 Å². The van der Waals surface area contributed by atoms with Crippen LogP contribution in [0.4, 0.5) is 0 Å². The number of aryl methyl sites for hydroxylation is 1. The van der Waals surface area contributed by atoms with Crippen LogP contribution in [0.2, 0.25) is 0 Å². The molecule has 4 heteroatoms. The number of nitrogens with one attached hydrogen (secondary N) is 1. The van der Waals surface area contributed by atoms with Crippen molar-refractivity contribution in [3.8, 4) is 0 Å². The fraction of sp³-hybridized carbons (Fsp3) is 0.750. The molecule has 0 amide bonds. The van der Waals surface area contributed by atoms with Crippen LogP contribution in [-0.4, -0.2) is 30.0 Å². The van der Waals surface area contributed by atoms with Crippen LogP contribution < -0.4 is 5.32 Å². The Morgan fingerprint density at radius 1 is 1.50 bits per heavy atom. The number of aromatic nitrogens is 2. The van der Waals surface area contributed by atoms with Gasteiger partial charge in [0.1, 0.15) is 0 Å².